The summed E-state index contributed by atoms with van der Waals surface area (Å²) >= 11 is 0. The third-order valence-corrected chi connectivity index (χ3v) is 1.63. The molecule has 0 aliphatic carbocycles. The summed E-state index contributed by atoms with van der Waals surface area (Å²) < 4.78 is 13.0. The van der Waals surface area contributed by atoms with Crippen LogP contribution in [0.2, 0.25) is 0 Å². The van der Waals surface area contributed by atoms with E-state index < -0.39 is 11.8 Å². The van der Waals surface area contributed by atoms with E-state index in [1.807, 2.05) is 0 Å². The van der Waals surface area contributed by atoms with E-state index in [1.165, 1.54) is 12.3 Å². The van der Waals surface area contributed by atoms with Gasteiger partial charge in [-0.25, -0.2) is 4.39 Å². The van der Waals surface area contributed by atoms with E-state index >= 15 is 0 Å². The van der Waals surface area contributed by atoms with Crippen LogP contribution in [0.3, 0.4) is 0 Å². The average Bonchev–Trinajstić information content (AvgIpc) is 2.02. The van der Waals surface area contributed by atoms with Crippen LogP contribution in [0.25, 0.3) is 0 Å². The predicted molar refractivity (Wildman–Crippen MR) is 44.9 cm³/mol. The number of aryl methyl sites for hydroxylation is 2. The van der Waals surface area contributed by atoms with Crippen molar-refractivity contribution in [3.63, 3.8) is 0 Å². The van der Waals surface area contributed by atoms with Crippen molar-refractivity contribution in [3.05, 3.63) is 29.3 Å². The van der Waals surface area contributed by atoms with E-state index in [-0.39, 0.29) is 18.5 Å². The highest BCUT2D eigenvalue weighted by Gasteiger charge is 2.05. The zero-order valence-electron chi connectivity index (χ0n) is 7.25. The van der Waals surface area contributed by atoms with Crippen molar-refractivity contribution in [2.75, 3.05) is 0 Å². The van der Waals surface area contributed by atoms with E-state index in [1.54, 1.807) is 6.92 Å². The Morgan fingerprint density at radius 2 is 2.38 bits per heavy atom. The van der Waals surface area contributed by atoms with Crippen molar-refractivity contribution < 1.29 is 14.3 Å². The first-order chi connectivity index (χ1) is 6.09. The minimum absolute atomic E-state index is 0.0903. The Morgan fingerprint density at radius 3 is 2.92 bits per heavy atom. The Morgan fingerprint density at radius 1 is 1.69 bits per heavy atom. The van der Waals surface area contributed by atoms with Crippen LogP contribution in [0.5, 0.6) is 0 Å². The molecule has 0 fully saturated rings. The van der Waals surface area contributed by atoms with Crippen LogP contribution < -0.4 is 0 Å². The second-order valence-electron chi connectivity index (χ2n) is 2.83. The minimum atomic E-state index is -0.943. The fourth-order valence-electron chi connectivity index (χ4n) is 0.971. The predicted octanol–water partition coefficient (Wildman–Crippen LogP) is 1.55. The standard InChI is InChI=1S/C9H10FNO2/c1-6-4-7(10)8(11-5-6)2-3-9(12)13/h4-5H,2-3H2,1H3,(H,12,13). The quantitative estimate of drug-likeness (QED) is 0.773. The van der Waals surface area contributed by atoms with Crippen LogP contribution in [-0.4, -0.2) is 16.1 Å². The molecule has 1 aromatic heterocycles. The van der Waals surface area contributed by atoms with Crippen LogP contribution in [0.1, 0.15) is 17.7 Å². The number of hydrogen-bond donors (Lipinski definition) is 1. The fourth-order valence-corrected chi connectivity index (χ4v) is 0.971. The molecule has 0 aliphatic heterocycles. The number of pyridine rings is 1. The lowest BCUT2D eigenvalue weighted by molar-refractivity contribution is -0.136. The van der Waals surface area contributed by atoms with Gasteiger partial charge >= 0.3 is 5.97 Å². The number of carboxylic acid groups (broad SMARTS) is 1. The van der Waals surface area contributed by atoms with Gasteiger partial charge in [0.05, 0.1) is 12.1 Å². The Hall–Kier alpha value is -1.45. The highest BCUT2D eigenvalue weighted by atomic mass is 19.1. The van der Waals surface area contributed by atoms with Crippen molar-refractivity contribution >= 4 is 5.97 Å². The number of carbonyl (C=O) groups is 1. The summed E-state index contributed by atoms with van der Waals surface area (Å²) in [6.45, 7) is 1.73. The Balaban J connectivity index is 2.72. The second kappa shape index (κ2) is 3.98. The minimum Gasteiger partial charge on any atom is -0.481 e. The molecular weight excluding hydrogens is 173 g/mol. The number of aliphatic carboxylic acids is 1. The molecule has 1 aromatic rings. The molecule has 13 heavy (non-hydrogen) atoms. The van der Waals surface area contributed by atoms with Crippen molar-refractivity contribution in [2.45, 2.75) is 19.8 Å². The van der Waals surface area contributed by atoms with Gasteiger partial charge in [-0.05, 0) is 18.6 Å². The van der Waals surface area contributed by atoms with E-state index in [9.17, 15) is 9.18 Å². The van der Waals surface area contributed by atoms with Gasteiger partial charge in [-0.15, -0.1) is 0 Å². The van der Waals surface area contributed by atoms with Crippen molar-refractivity contribution in [2.24, 2.45) is 0 Å². The lowest BCUT2D eigenvalue weighted by Crippen LogP contribution is -2.01. The molecule has 3 nitrogen and oxygen atoms in total. The van der Waals surface area contributed by atoms with Gasteiger partial charge in [0.2, 0.25) is 0 Å². The number of halogens is 1. The van der Waals surface area contributed by atoms with Gasteiger partial charge in [-0.2, -0.15) is 0 Å². The smallest absolute Gasteiger partial charge is 0.303 e. The first kappa shape index (κ1) is 9.64. The molecular formula is C9H10FNO2. The molecule has 0 bridgehead atoms. The summed E-state index contributed by atoms with van der Waals surface area (Å²) in [6.07, 6.45) is 1.58. The number of rotatable bonds is 3. The Labute approximate surface area is 75.2 Å². The van der Waals surface area contributed by atoms with E-state index in [2.05, 4.69) is 4.98 Å². The SMILES string of the molecule is Cc1cnc(CCC(=O)O)c(F)c1. The molecule has 0 spiro atoms. The highest BCUT2D eigenvalue weighted by Crippen LogP contribution is 2.08. The Kier molecular flexibility index (Phi) is 2.95. The lowest BCUT2D eigenvalue weighted by Gasteiger charge is -2.00. The molecule has 0 aromatic carbocycles. The normalized spacial score (nSPS) is 10.0. The molecule has 0 atom stereocenters. The van der Waals surface area contributed by atoms with Crippen LogP contribution >= 0.6 is 0 Å². The third kappa shape index (κ3) is 2.82. The van der Waals surface area contributed by atoms with Gasteiger partial charge < -0.3 is 5.11 Å². The van der Waals surface area contributed by atoms with Crippen LogP contribution in [0.15, 0.2) is 12.3 Å². The molecule has 0 amide bonds. The summed E-state index contributed by atoms with van der Waals surface area (Å²) in [4.78, 5) is 14.0. The molecule has 4 heteroatoms. The molecule has 0 aliphatic rings. The van der Waals surface area contributed by atoms with E-state index in [4.69, 9.17) is 5.11 Å². The third-order valence-electron chi connectivity index (χ3n) is 1.63. The summed E-state index contributed by atoms with van der Waals surface area (Å²) in [6, 6.07) is 1.35. The maximum Gasteiger partial charge on any atom is 0.303 e. The summed E-state index contributed by atoms with van der Waals surface area (Å²) in [5.41, 5.74) is 0.949. The topological polar surface area (TPSA) is 50.2 Å². The summed E-state index contributed by atoms with van der Waals surface area (Å²) in [5.74, 6) is -1.37. The zero-order chi connectivity index (χ0) is 9.84. The first-order valence-electron chi connectivity index (χ1n) is 3.92. The molecule has 0 radical (unpaired) electrons. The molecule has 0 saturated heterocycles. The van der Waals surface area contributed by atoms with Gasteiger partial charge in [-0.1, -0.05) is 0 Å². The molecule has 70 valence electrons. The molecule has 1 rings (SSSR count). The number of aromatic nitrogens is 1. The van der Waals surface area contributed by atoms with Gasteiger partial charge in [0.25, 0.3) is 0 Å². The van der Waals surface area contributed by atoms with Crippen molar-refractivity contribution in [3.8, 4) is 0 Å². The molecule has 1 heterocycles. The monoisotopic (exact) mass is 183 g/mol. The first-order valence-corrected chi connectivity index (χ1v) is 3.92. The summed E-state index contributed by atoms with van der Waals surface area (Å²) in [5, 5.41) is 8.37. The number of hydrogen-bond acceptors (Lipinski definition) is 2. The molecule has 0 saturated carbocycles. The Bertz CT molecular complexity index is 325. The van der Waals surface area contributed by atoms with E-state index in [0.29, 0.717) is 0 Å². The van der Waals surface area contributed by atoms with Crippen molar-refractivity contribution in [1.82, 2.24) is 4.98 Å². The van der Waals surface area contributed by atoms with Gasteiger partial charge in [0.15, 0.2) is 0 Å². The number of nitrogens with zero attached hydrogens (tertiary/aromatic N) is 1. The van der Waals surface area contributed by atoms with Crippen LogP contribution in [0.4, 0.5) is 4.39 Å². The molecule has 1 N–H and O–H groups in total. The van der Waals surface area contributed by atoms with Crippen LogP contribution in [-0.2, 0) is 11.2 Å². The second-order valence-corrected chi connectivity index (χ2v) is 2.83. The number of carboxylic acids is 1. The van der Waals surface area contributed by atoms with Crippen molar-refractivity contribution in [1.29, 1.82) is 0 Å². The van der Waals surface area contributed by atoms with Gasteiger partial charge in [0.1, 0.15) is 5.82 Å². The van der Waals surface area contributed by atoms with Crippen LogP contribution in [0, 0.1) is 12.7 Å². The highest BCUT2D eigenvalue weighted by molar-refractivity contribution is 5.66. The van der Waals surface area contributed by atoms with E-state index in [0.717, 1.165) is 5.56 Å². The lowest BCUT2D eigenvalue weighted by atomic mass is 10.2. The van der Waals surface area contributed by atoms with Gasteiger partial charge in [-0.3, -0.25) is 9.78 Å². The maximum atomic E-state index is 13.0. The summed E-state index contributed by atoms with van der Waals surface area (Å²) in [7, 11) is 0. The van der Waals surface area contributed by atoms with Gasteiger partial charge in [0, 0.05) is 12.6 Å². The molecule has 0 unspecified atom stereocenters. The fraction of sp³-hybridized carbons (Fsp3) is 0.333. The zero-order valence-corrected chi connectivity index (χ0v) is 7.25. The maximum absolute atomic E-state index is 13.0. The average molecular weight is 183 g/mol. The largest absolute Gasteiger partial charge is 0.481 e.